The summed E-state index contributed by atoms with van der Waals surface area (Å²) in [6.45, 7) is 0.436. The molecule has 0 fully saturated rings. The van der Waals surface area contributed by atoms with E-state index >= 15 is 0 Å². The Morgan fingerprint density at radius 2 is 1.95 bits per heavy atom. The molecule has 1 N–H and O–H groups in total. The second-order valence-corrected chi connectivity index (χ2v) is 4.72. The van der Waals surface area contributed by atoms with E-state index < -0.39 is 11.7 Å². The molecule has 0 atom stereocenters. The number of carbonyl (C=O) groups excluding carboxylic acids is 1. The van der Waals surface area contributed by atoms with Crippen molar-refractivity contribution < 1.29 is 9.18 Å². The van der Waals surface area contributed by atoms with Gasteiger partial charge in [0.05, 0.1) is 0 Å². The van der Waals surface area contributed by atoms with Gasteiger partial charge in [-0.2, -0.15) is 5.26 Å². The van der Waals surface area contributed by atoms with Crippen LogP contribution in [0.25, 0.3) is 6.08 Å². The second-order valence-electron chi connectivity index (χ2n) is 4.72. The summed E-state index contributed by atoms with van der Waals surface area (Å²) < 4.78 is 13.1. The van der Waals surface area contributed by atoms with Crippen LogP contribution in [0, 0.1) is 17.1 Å². The molecule has 4 heteroatoms. The average Bonchev–Trinajstić information content (AvgIpc) is 2.53. The van der Waals surface area contributed by atoms with Crippen molar-refractivity contribution in [3.8, 4) is 6.07 Å². The minimum absolute atomic E-state index is 0.0429. The maximum atomic E-state index is 13.1. The van der Waals surface area contributed by atoms with Gasteiger partial charge in [-0.1, -0.05) is 42.5 Å². The standard InChI is InChI=1S/C18H15FN2O/c19-17-8-4-7-15(12-17)11-16(13-20)18(22)21-10-9-14-5-2-1-3-6-14/h1-8,11-12H,9-10H2,(H,21,22)/b16-11-. The Labute approximate surface area is 128 Å². The molecule has 0 bridgehead atoms. The highest BCUT2D eigenvalue weighted by molar-refractivity contribution is 6.01. The van der Waals surface area contributed by atoms with Gasteiger partial charge in [0.2, 0.25) is 0 Å². The predicted molar refractivity (Wildman–Crippen MR) is 83.1 cm³/mol. The highest BCUT2D eigenvalue weighted by atomic mass is 19.1. The van der Waals surface area contributed by atoms with Crippen LogP contribution in [0.4, 0.5) is 4.39 Å². The van der Waals surface area contributed by atoms with Gasteiger partial charge in [-0.15, -0.1) is 0 Å². The molecule has 0 saturated carbocycles. The highest BCUT2D eigenvalue weighted by Gasteiger charge is 2.08. The van der Waals surface area contributed by atoms with Crippen LogP contribution in [0.15, 0.2) is 60.2 Å². The molecule has 0 aromatic heterocycles. The molecule has 22 heavy (non-hydrogen) atoms. The minimum atomic E-state index is -0.456. The Bertz CT molecular complexity index is 717. The maximum absolute atomic E-state index is 13.1. The molecule has 2 rings (SSSR count). The van der Waals surface area contributed by atoms with E-state index in [0.717, 1.165) is 5.56 Å². The summed E-state index contributed by atoms with van der Waals surface area (Å²) >= 11 is 0. The third-order valence-electron chi connectivity index (χ3n) is 3.07. The third-order valence-corrected chi connectivity index (χ3v) is 3.07. The monoisotopic (exact) mass is 294 g/mol. The number of nitrogens with zero attached hydrogens (tertiary/aromatic N) is 1. The highest BCUT2D eigenvalue weighted by Crippen LogP contribution is 2.09. The van der Waals surface area contributed by atoms with E-state index in [-0.39, 0.29) is 5.57 Å². The molecule has 0 saturated heterocycles. The van der Waals surface area contributed by atoms with Crippen LogP contribution in [-0.2, 0) is 11.2 Å². The Balaban J connectivity index is 1.96. The Morgan fingerprint density at radius 3 is 2.64 bits per heavy atom. The molecule has 0 aliphatic heterocycles. The fraction of sp³-hybridized carbons (Fsp3) is 0.111. The zero-order chi connectivity index (χ0) is 15.8. The van der Waals surface area contributed by atoms with Crippen LogP contribution in [0.2, 0.25) is 0 Å². The van der Waals surface area contributed by atoms with E-state index in [1.54, 1.807) is 6.07 Å². The van der Waals surface area contributed by atoms with Gasteiger partial charge in [0.1, 0.15) is 17.5 Å². The molecule has 0 aliphatic rings. The van der Waals surface area contributed by atoms with Crippen LogP contribution >= 0.6 is 0 Å². The fourth-order valence-electron chi connectivity index (χ4n) is 1.97. The fourth-order valence-corrected chi connectivity index (χ4v) is 1.97. The number of nitriles is 1. The maximum Gasteiger partial charge on any atom is 0.261 e. The average molecular weight is 294 g/mol. The lowest BCUT2D eigenvalue weighted by Crippen LogP contribution is -2.26. The molecule has 1 amide bonds. The van der Waals surface area contributed by atoms with E-state index in [0.29, 0.717) is 18.5 Å². The predicted octanol–water partition coefficient (Wildman–Crippen LogP) is 3.09. The number of carbonyl (C=O) groups is 1. The van der Waals surface area contributed by atoms with Crippen LogP contribution in [0.5, 0.6) is 0 Å². The summed E-state index contributed by atoms with van der Waals surface area (Å²) in [6, 6.07) is 17.3. The number of benzene rings is 2. The Morgan fingerprint density at radius 1 is 1.18 bits per heavy atom. The van der Waals surface area contributed by atoms with E-state index in [1.165, 1.54) is 24.3 Å². The lowest BCUT2D eigenvalue weighted by atomic mass is 10.1. The van der Waals surface area contributed by atoms with Crippen molar-refractivity contribution in [2.75, 3.05) is 6.54 Å². The SMILES string of the molecule is N#C/C(=C/c1cccc(F)c1)C(=O)NCCc1ccccc1. The largest absolute Gasteiger partial charge is 0.351 e. The Kier molecular flexibility index (Phi) is 5.44. The lowest BCUT2D eigenvalue weighted by molar-refractivity contribution is -0.117. The van der Waals surface area contributed by atoms with Gasteiger partial charge in [-0.3, -0.25) is 4.79 Å². The van der Waals surface area contributed by atoms with Crippen molar-refractivity contribution in [3.05, 3.63) is 77.1 Å². The van der Waals surface area contributed by atoms with E-state index in [4.69, 9.17) is 5.26 Å². The summed E-state index contributed by atoms with van der Waals surface area (Å²) in [7, 11) is 0. The number of rotatable bonds is 5. The van der Waals surface area contributed by atoms with Crippen molar-refractivity contribution in [3.63, 3.8) is 0 Å². The van der Waals surface area contributed by atoms with Gasteiger partial charge < -0.3 is 5.32 Å². The van der Waals surface area contributed by atoms with E-state index in [1.807, 2.05) is 36.4 Å². The number of nitrogens with one attached hydrogen (secondary N) is 1. The molecule has 3 nitrogen and oxygen atoms in total. The summed E-state index contributed by atoms with van der Waals surface area (Å²) in [5, 5.41) is 11.8. The van der Waals surface area contributed by atoms with Gasteiger partial charge in [-0.05, 0) is 35.8 Å². The van der Waals surface area contributed by atoms with Crippen LogP contribution in [-0.4, -0.2) is 12.5 Å². The van der Waals surface area contributed by atoms with Gasteiger partial charge in [0.15, 0.2) is 0 Å². The smallest absolute Gasteiger partial charge is 0.261 e. The van der Waals surface area contributed by atoms with Gasteiger partial charge in [0.25, 0.3) is 5.91 Å². The molecule has 110 valence electrons. The summed E-state index contributed by atoms with van der Waals surface area (Å²) in [5.41, 5.74) is 1.55. The van der Waals surface area contributed by atoms with Crippen molar-refractivity contribution in [1.29, 1.82) is 5.26 Å². The number of halogens is 1. The number of hydrogen-bond donors (Lipinski definition) is 1. The Hall–Kier alpha value is -2.93. The molecule has 0 unspecified atom stereocenters. The van der Waals surface area contributed by atoms with E-state index in [2.05, 4.69) is 5.32 Å². The molecular formula is C18H15FN2O. The quantitative estimate of drug-likeness (QED) is 0.680. The first kappa shape index (κ1) is 15.5. The van der Waals surface area contributed by atoms with Crippen molar-refractivity contribution in [2.45, 2.75) is 6.42 Å². The first-order valence-electron chi connectivity index (χ1n) is 6.88. The van der Waals surface area contributed by atoms with Gasteiger partial charge in [0, 0.05) is 6.54 Å². The van der Waals surface area contributed by atoms with E-state index in [9.17, 15) is 9.18 Å². The molecule has 2 aromatic rings. The topological polar surface area (TPSA) is 52.9 Å². The normalized spacial score (nSPS) is 10.8. The molecular weight excluding hydrogens is 279 g/mol. The van der Waals surface area contributed by atoms with Crippen molar-refractivity contribution in [2.24, 2.45) is 0 Å². The first-order valence-corrected chi connectivity index (χ1v) is 6.88. The molecule has 0 aliphatic carbocycles. The first-order chi connectivity index (χ1) is 10.7. The molecule has 0 spiro atoms. The molecule has 2 aromatic carbocycles. The van der Waals surface area contributed by atoms with Crippen LogP contribution in [0.3, 0.4) is 0 Å². The van der Waals surface area contributed by atoms with Crippen LogP contribution < -0.4 is 5.32 Å². The third kappa shape index (κ3) is 4.57. The van der Waals surface area contributed by atoms with Gasteiger partial charge in [-0.25, -0.2) is 4.39 Å². The zero-order valence-corrected chi connectivity index (χ0v) is 11.9. The number of amides is 1. The second kappa shape index (κ2) is 7.75. The minimum Gasteiger partial charge on any atom is -0.351 e. The van der Waals surface area contributed by atoms with Crippen LogP contribution in [0.1, 0.15) is 11.1 Å². The van der Waals surface area contributed by atoms with Crippen molar-refractivity contribution >= 4 is 12.0 Å². The van der Waals surface area contributed by atoms with Gasteiger partial charge >= 0.3 is 0 Å². The summed E-state index contributed by atoms with van der Waals surface area (Å²) in [6.07, 6.45) is 2.06. The zero-order valence-electron chi connectivity index (χ0n) is 11.9. The van der Waals surface area contributed by atoms with Crippen molar-refractivity contribution in [1.82, 2.24) is 5.32 Å². The number of hydrogen-bond acceptors (Lipinski definition) is 2. The molecule has 0 radical (unpaired) electrons. The molecule has 0 heterocycles. The summed E-state index contributed by atoms with van der Waals surface area (Å²) in [5.74, 6) is -0.863. The lowest BCUT2D eigenvalue weighted by Gasteiger charge is -2.04. The summed E-state index contributed by atoms with van der Waals surface area (Å²) in [4.78, 5) is 12.0.